The summed E-state index contributed by atoms with van der Waals surface area (Å²) in [7, 11) is -1.81. The number of hydrogen-bond acceptors (Lipinski definition) is 3. The number of sulfonamides is 1. The smallest absolute Gasteiger partial charge is 0.270 e. The van der Waals surface area contributed by atoms with Crippen LogP contribution in [0, 0.1) is 0 Å². The molecule has 25 heavy (non-hydrogen) atoms. The maximum Gasteiger partial charge on any atom is 0.270 e. The summed E-state index contributed by atoms with van der Waals surface area (Å²) in [5.74, 6) is -0.0714. The van der Waals surface area contributed by atoms with Gasteiger partial charge in [0, 0.05) is 38.9 Å². The molecule has 1 heterocycles. The maximum atomic E-state index is 13.0. The molecular weight excluding hydrogens is 338 g/mol. The zero-order valence-corrected chi connectivity index (χ0v) is 16.7. The van der Waals surface area contributed by atoms with Gasteiger partial charge in [-0.25, -0.2) is 8.42 Å². The Labute approximate surface area is 151 Å². The minimum absolute atomic E-state index is 0.0714. The second kappa shape index (κ2) is 8.36. The van der Waals surface area contributed by atoms with E-state index in [1.54, 1.807) is 17.8 Å². The van der Waals surface area contributed by atoms with Crippen molar-refractivity contribution in [2.75, 3.05) is 19.6 Å². The molecule has 142 valence electrons. The number of rotatable bonds is 7. The Morgan fingerprint density at radius 1 is 1.12 bits per heavy atom. The van der Waals surface area contributed by atoms with Crippen molar-refractivity contribution in [1.82, 2.24) is 13.8 Å². The van der Waals surface area contributed by atoms with Gasteiger partial charge in [-0.15, -0.1) is 0 Å². The molecule has 0 saturated heterocycles. The summed E-state index contributed by atoms with van der Waals surface area (Å²) in [5, 5.41) is 0. The molecule has 0 bridgehead atoms. The average molecular weight is 370 g/mol. The summed E-state index contributed by atoms with van der Waals surface area (Å²) in [6.07, 6.45) is 7.17. The van der Waals surface area contributed by atoms with Crippen molar-refractivity contribution in [3.8, 4) is 0 Å². The molecule has 1 aromatic rings. The fourth-order valence-corrected chi connectivity index (χ4v) is 5.24. The molecule has 1 amide bonds. The molecule has 0 N–H and O–H groups in total. The molecule has 1 aliphatic rings. The van der Waals surface area contributed by atoms with E-state index in [1.807, 2.05) is 25.7 Å². The summed E-state index contributed by atoms with van der Waals surface area (Å²) in [6, 6.07) is 1.80. The molecule has 1 aromatic heterocycles. The van der Waals surface area contributed by atoms with Crippen molar-refractivity contribution in [1.29, 1.82) is 0 Å². The van der Waals surface area contributed by atoms with E-state index in [0.717, 1.165) is 25.7 Å². The highest BCUT2D eigenvalue weighted by molar-refractivity contribution is 7.89. The van der Waals surface area contributed by atoms with Crippen LogP contribution in [-0.2, 0) is 17.1 Å². The predicted octanol–water partition coefficient (Wildman–Crippen LogP) is 2.85. The first kappa shape index (κ1) is 20.0. The Morgan fingerprint density at radius 2 is 1.72 bits per heavy atom. The second-order valence-corrected chi connectivity index (χ2v) is 8.58. The van der Waals surface area contributed by atoms with E-state index in [2.05, 4.69) is 0 Å². The minimum Gasteiger partial charge on any atom is -0.345 e. The van der Waals surface area contributed by atoms with Crippen LogP contribution in [0.3, 0.4) is 0 Å². The highest BCUT2D eigenvalue weighted by Crippen LogP contribution is 2.25. The molecule has 0 unspecified atom stereocenters. The number of aryl methyl sites for hydroxylation is 1. The van der Waals surface area contributed by atoms with Crippen LogP contribution >= 0.6 is 0 Å². The first-order chi connectivity index (χ1) is 11.9. The van der Waals surface area contributed by atoms with Gasteiger partial charge in [0.2, 0.25) is 10.0 Å². The van der Waals surface area contributed by atoms with Crippen LogP contribution in [-0.4, -0.2) is 53.8 Å². The summed E-state index contributed by atoms with van der Waals surface area (Å²) >= 11 is 0. The topological polar surface area (TPSA) is 62.6 Å². The quantitative estimate of drug-likeness (QED) is 0.742. The summed E-state index contributed by atoms with van der Waals surface area (Å²) in [6.45, 7) is 7.10. The van der Waals surface area contributed by atoms with Crippen LogP contribution in [0.25, 0.3) is 0 Å². The number of hydrogen-bond donors (Lipinski definition) is 0. The monoisotopic (exact) mass is 369 g/mol. The minimum atomic E-state index is -3.55. The highest BCUT2D eigenvalue weighted by Gasteiger charge is 2.29. The molecule has 1 fully saturated rings. The van der Waals surface area contributed by atoms with E-state index in [-0.39, 0.29) is 16.8 Å². The highest BCUT2D eigenvalue weighted by atomic mass is 32.2. The van der Waals surface area contributed by atoms with E-state index < -0.39 is 10.0 Å². The molecule has 0 aromatic carbocycles. The van der Waals surface area contributed by atoms with E-state index in [4.69, 9.17) is 0 Å². The van der Waals surface area contributed by atoms with Gasteiger partial charge in [0.05, 0.1) is 0 Å². The lowest BCUT2D eigenvalue weighted by atomic mass is 9.94. The number of carbonyl (C=O) groups excluding carboxylic acids is 1. The van der Waals surface area contributed by atoms with Crippen molar-refractivity contribution in [3.63, 3.8) is 0 Å². The van der Waals surface area contributed by atoms with E-state index in [0.29, 0.717) is 25.3 Å². The van der Waals surface area contributed by atoms with Crippen LogP contribution in [0.15, 0.2) is 17.2 Å². The molecule has 2 rings (SSSR count). The van der Waals surface area contributed by atoms with Gasteiger partial charge < -0.3 is 9.47 Å². The van der Waals surface area contributed by atoms with Crippen molar-refractivity contribution in [3.05, 3.63) is 18.0 Å². The van der Waals surface area contributed by atoms with Crippen molar-refractivity contribution < 1.29 is 13.2 Å². The molecule has 0 aliphatic heterocycles. The Hall–Kier alpha value is -1.34. The van der Waals surface area contributed by atoms with Gasteiger partial charge in [-0.3, -0.25) is 4.79 Å². The summed E-state index contributed by atoms with van der Waals surface area (Å²) < 4.78 is 28.5. The van der Waals surface area contributed by atoms with Crippen molar-refractivity contribution in [2.24, 2.45) is 7.05 Å². The number of amides is 1. The van der Waals surface area contributed by atoms with Crippen LogP contribution < -0.4 is 0 Å². The Morgan fingerprint density at radius 3 is 2.24 bits per heavy atom. The van der Waals surface area contributed by atoms with Gasteiger partial charge >= 0.3 is 0 Å². The van der Waals surface area contributed by atoms with Gasteiger partial charge in [0.25, 0.3) is 5.91 Å². The molecule has 0 radical (unpaired) electrons. The van der Waals surface area contributed by atoms with Gasteiger partial charge in [-0.2, -0.15) is 4.31 Å². The van der Waals surface area contributed by atoms with Gasteiger partial charge in [-0.05, 0) is 25.8 Å². The maximum absolute atomic E-state index is 13.0. The lowest BCUT2D eigenvalue weighted by Gasteiger charge is -2.33. The first-order valence-electron chi connectivity index (χ1n) is 9.34. The number of nitrogens with zero attached hydrogens (tertiary/aromatic N) is 3. The fraction of sp³-hybridized carbons (Fsp3) is 0.722. The molecule has 0 atom stereocenters. The summed E-state index contributed by atoms with van der Waals surface area (Å²) in [4.78, 5) is 15.1. The molecule has 7 heteroatoms. The van der Waals surface area contributed by atoms with Crippen molar-refractivity contribution >= 4 is 15.9 Å². The lowest BCUT2D eigenvalue weighted by molar-refractivity contribution is 0.0638. The SMILES string of the molecule is CCN(C(=O)c1cc(S(=O)(=O)N(CC)CC)cn1C)C1CCCCC1. The number of aromatic nitrogens is 1. The molecule has 1 saturated carbocycles. The Kier molecular flexibility index (Phi) is 6.68. The van der Waals surface area contributed by atoms with Crippen LogP contribution in [0.4, 0.5) is 0 Å². The molecule has 1 aliphatic carbocycles. The largest absolute Gasteiger partial charge is 0.345 e. The molecule has 0 spiro atoms. The number of carbonyl (C=O) groups is 1. The van der Waals surface area contributed by atoms with E-state index >= 15 is 0 Å². The second-order valence-electron chi connectivity index (χ2n) is 6.64. The van der Waals surface area contributed by atoms with Crippen LogP contribution in [0.5, 0.6) is 0 Å². The van der Waals surface area contributed by atoms with Crippen LogP contribution in [0.1, 0.15) is 63.4 Å². The Balaban J connectivity index is 2.30. The summed E-state index contributed by atoms with van der Waals surface area (Å²) in [5.41, 5.74) is 0.443. The lowest BCUT2D eigenvalue weighted by Crippen LogP contribution is -2.41. The molecule has 6 nitrogen and oxygen atoms in total. The van der Waals surface area contributed by atoms with Gasteiger partial charge in [0.1, 0.15) is 10.6 Å². The molecular formula is C18H31N3O3S. The third-order valence-corrected chi connectivity index (χ3v) is 7.17. The first-order valence-corrected chi connectivity index (χ1v) is 10.8. The van der Waals surface area contributed by atoms with E-state index in [1.165, 1.54) is 16.8 Å². The third kappa shape index (κ3) is 4.08. The standard InChI is InChI=1S/C18H31N3O3S/c1-5-20(6-2)25(23,24)16-13-17(19(4)14-16)18(22)21(7-3)15-11-9-8-10-12-15/h13-15H,5-12H2,1-4H3. The van der Waals surface area contributed by atoms with Gasteiger partial charge in [-0.1, -0.05) is 33.1 Å². The normalized spacial score (nSPS) is 16.4. The predicted molar refractivity (Wildman–Crippen MR) is 99.1 cm³/mol. The third-order valence-electron chi connectivity index (χ3n) is 5.16. The average Bonchev–Trinajstić information content (AvgIpc) is 3.00. The van der Waals surface area contributed by atoms with Gasteiger partial charge in [0.15, 0.2) is 0 Å². The Bertz CT molecular complexity index is 686. The zero-order chi connectivity index (χ0) is 18.6. The van der Waals surface area contributed by atoms with E-state index in [9.17, 15) is 13.2 Å². The van der Waals surface area contributed by atoms with Crippen LogP contribution in [0.2, 0.25) is 0 Å². The fourth-order valence-electron chi connectivity index (χ4n) is 3.71. The zero-order valence-electron chi connectivity index (χ0n) is 15.9. The van der Waals surface area contributed by atoms with Crippen molar-refractivity contribution in [2.45, 2.75) is 63.8 Å².